The van der Waals surface area contributed by atoms with Crippen LogP contribution in [0.2, 0.25) is 0 Å². The van der Waals surface area contributed by atoms with Crippen LogP contribution in [0.3, 0.4) is 0 Å². The summed E-state index contributed by atoms with van der Waals surface area (Å²) in [5, 5.41) is 0. The number of hydrogen-bond acceptors (Lipinski definition) is 4. The lowest BCUT2D eigenvalue weighted by atomic mass is 10.1. The maximum absolute atomic E-state index is 12.9. The summed E-state index contributed by atoms with van der Waals surface area (Å²) in [7, 11) is 0. The molecule has 2 heterocycles. The Hall–Kier alpha value is -3.73. The number of rotatable bonds is 3. The second-order valence-corrected chi connectivity index (χ2v) is 7.90. The maximum atomic E-state index is 12.9. The third-order valence-electron chi connectivity index (χ3n) is 5.76. The average molecular weight is 409 g/mol. The lowest BCUT2D eigenvalue weighted by Gasteiger charge is -2.36. The van der Waals surface area contributed by atoms with Crippen molar-refractivity contribution in [2.24, 2.45) is 0 Å². The molecule has 1 aliphatic rings. The second-order valence-electron chi connectivity index (χ2n) is 7.90. The van der Waals surface area contributed by atoms with Crippen LogP contribution in [0.15, 0.2) is 78.9 Å². The summed E-state index contributed by atoms with van der Waals surface area (Å²) < 4.78 is 0. The highest BCUT2D eigenvalue weighted by atomic mass is 16.2. The number of aromatic nitrogens is 2. The average Bonchev–Trinajstić information content (AvgIpc) is 2.84. The van der Waals surface area contributed by atoms with Crippen LogP contribution in [0.5, 0.6) is 0 Å². The quantitative estimate of drug-likeness (QED) is 0.498. The van der Waals surface area contributed by atoms with Gasteiger partial charge in [0.2, 0.25) is 0 Å². The number of aryl methyl sites for hydroxylation is 1. The van der Waals surface area contributed by atoms with Gasteiger partial charge in [-0.1, -0.05) is 60.2 Å². The minimum absolute atomic E-state index is 0.0903. The minimum Gasteiger partial charge on any atom is -0.351 e. The van der Waals surface area contributed by atoms with Crippen molar-refractivity contribution < 1.29 is 4.79 Å². The third-order valence-corrected chi connectivity index (χ3v) is 5.76. The highest BCUT2D eigenvalue weighted by molar-refractivity contribution is 5.94. The van der Waals surface area contributed by atoms with Gasteiger partial charge in [-0.2, -0.15) is 0 Å². The smallest absolute Gasteiger partial charge is 0.253 e. The number of hydrogen-bond donors (Lipinski definition) is 0. The Balaban J connectivity index is 1.42. The van der Waals surface area contributed by atoms with Gasteiger partial charge in [0.15, 0.2) is 5.82 Å². The first-order valence-corrected chi connectivity index (χ1v) is 10.6. The number of benzene rings is 3. The Morgan fingerprint density at radius 2 is 1.35 bits per heavy atom. The molecule has 5 rings (SSSR count). The maximum Gasteiger partial charge on any atom is 0.253 e. The van der Waals surface area contributed by atoms with Crippen molar-refractivity contribution in [2.75, 3.05) is 31.1 Å². The van der Waals surface area contributed by atoms with Crippen LogP contribution in [-0.2, 0) is 0 Å². The monoisotopic (exact) mass is 408 g/mol. The fraction of sp³-hybridized carbons (Fsp3) is 0.192. The number of nitrogens with zero attached hydrogens (tertiary/aromatic N) is 4. The van der Waals surface area contributed by atoms with Crippen molar-refractivity contribution in [3.63, 3.8) is 0 Å². The number of fused-ring (bicyclic) bond motifs is 1. The van der Waals surface area contributed by atoms with E-state index in [-0.39, 0.29) is 5.91 Å². The Bertz CT molecular complexity index is 1210. The van der Waals surface area contributed by atoms with Gasteiger partial charge < -0.3 is 9.80 Å². The Morgan fingerprint density at radius 1 is 0.742 bits per heavy atom. The topological polar surface area (TPSA) is 49.3 Å². The number of para-hydroxylation sites is 2. The highest BCUT2D eigenvalue weighted by Crippen LogP contribution is 2.30. The molecule has 0 bridgehead atoms. The zero-order chi connectivity index (χ0) is 21.2. The molecule has 5 nitrogen and oxygen atoms in total. The van der Waals surface area contributed by atoms with Crippen LogP contribution >= 0.6 is 0 Å². The predicted molar refractivity (Wildman–Crippen MR) is 124 cm³/mol. The second kappa shape index (κ2) is 8.19. The number of amides is 1. The van der Waals surface area contributed by atoms with Gasteiger partial charge in [-0.15, -0.1) is 0 Å². The van der Waals surface area contributed by atoms with Gasteiger partial charge >= 0.3 is 0 Å². The molecule has 31 heavy (non-hydrogen) atoms. The lowest BCUT2D eigenvalue weighted by Crippen LogP contribution is -2.49. The molecule has 1 fully saturated rings. The van der Waals surface area contributed by atoms with E-state index < -0.39 is 0 Å². The molecule has 0 aliphatic carbocycles. The number of carbonyl (C=O) groups excluding carboxylic acids is 1. The fourth-order valence-electron chi connectivity index (χ4n) is 4.00. The van der Waals surface area contributed by atoms with Crippen LogP contribution in [0.4, 0.5) is 5.82 Å². The molecular formula is C26H24N4O. The zero-order valence-corrected chi connectivity index (χ0v) is 17.5. The Kier molecular flexibility index (Phi) is 5.08. The van der Waals surface area contributed by atoms with Gasteiger partial charge in [-0.25, -0.2) is 9.97 Å². The normalized spacial score (nSPS) is 14.1. The van der Waals surface area contributed by atoms with Gasteiger partial charge in [0.1, 0.15) is 5.69 Å². The van der Waals surface area contributed by atoms with E-state index >= 15 is 0 Å². The molecule has 1 amide bonds. The van der Waals surface area contributed by atoms with Gasteiger partial charge in [-0.3, -0.25) is 4.79 Å². The number of piperazine rings is 1. The summed E-state index contributed by atoms with van der Waals surface area (Å²) >= 11 is 0. The van der Waals surface area contributed by atoms with Crippen molar-refractivity contribution in [3.05, 3.63) is 90.0 Å². The van der Waals surface area contributed by atoms with E-state index in [4.69, 9.17) is 9.97 Å². The SMILES string of the molecule is Cc1ccc(C(=O)N2CCN(c3nc4ccccc4nc3-c3ccccc3)CC2)cc1. The Labute approximate surface area is 182 Å². The summed E-state index contributed by atoms with van der Waals surface area (Å²) in [6, 6.07) is 25.9. The molecule has 0 N–H and O–H groups in total. The molecule has 0 atom stereocenters. The molecule has 3 aromatic carbocycles. The molecule has 5 heteroatoms. The molecule has 1 aromatic heterocycles. The predicted octanol–water partition coefficient (Wildman–Crippen LogP) is 4.57. The van der Waals surface area contributed by atoms with Gasteiger partial charge in [-0.05, 0) is 31.2 Å². The van der Waals surface area contributed by atoms with E-state index in [0.717, 1.165) is 52.3 Å². The van der Waals surface area contributed by atoms with Crippen LogP contribution in [0, 0.1) is 6.92 Å². The van der Waals surface area contributed by atoms with Crippen LogP contribution in [-0.4, -0.2) is 47.0 Å². The summed E-state index contributed by atoms with van der Waals surface area (Å²) in [6.07, 6.45) is 0. The molecule has 0 saturated carbocycles. The van der Waals surface area contributed by atoms with E-state index in [1.807, 2.05) is 78.6 Å². The summed E-state index contributed by atoms with van der Waals surface area (Å²) in [6.45, 7) is 4.81. The van der Waals surface area contributed by atoms with Crippen molar-refractivity contribution in [2.45, 2.75) is 6.92 Å². The van der Waals surface area contributed by atoms with Crippen molar-refractivity contribution in [1.82, 2.24) is 14.9 Å². The summed E-state index contributed by atoms with van der Waals surface area (Å²) in [5.74, 6) is 0.972. The van der Waals surface area contributed by atoms with E-state index in [1.165, 1.54) is 0 Å². The summed E-state index contributed by atoms with van der Waals surface area (Å²) in [5.41, 5.74) is 5.61. The molecule has 0 spiro atoms. The van der Waals surface area contributed by atoms with Gasteiger partial charge in [0.05, 0.1) is 11.0 Å². The van der Waals surface area contributed by atoms with Gasteiger partial charge in [0, 0.05) is 37.3 Å². The van der Waals surface area contributed by atoms with E-state index in [9.17, 15) is 4.79 Å². The van der Waals surface area contributed by atoms with Crippen LogP contribution in [0.25, 0.3) is 22.3 Å². The molecule has 4 aromatic rings. The molecule has 154 valence electrons. The van der Waals surface area contributed by atoms with Crippen LogP contribution < -0.4 is 4.90 Å². The molecule has 1 saturated heterocycles. The first-order valence-electron chi connectivity index (χ1n) is 10.6. The van der Waals surface area contributed by atoms with Gasteiger partial charge in [0.25, 0.3) is 5.91 Å². The fourth-order valence-corrected chi connectivity index (χ4v) is 4.00. The van der Waals surface area contributed by atoms with Crippen LogP contribution in [0.1, 0.15) is 15.9 Å². The first-order chi connectivity index (χ1) is 15.2. The number of anilines is 1. The van der Waals surface area contributed by atoms with E-state index in [2.05, 4.69) is 17.0 Å². The van der Waals surface area contributed by atoms with Crippen molar-refractivity contribution >= 4 is 22.8 Å². The minimum atomic E-state index is 0.0903. The summed E-state index contributed by atoms with van der Waals surface area (Å²) in [4.78, 5) is 27.0. The van der Waals surface area contributed by atoms with E-state index in [1.54, 1.807) is 0 Å². The number of carbonyl (C=O) groups is 1. The zero-order valence-electron chi connectivity index (χ0n) is 17.5. The molecular weight excluding hydrogens is 384 g/mol. The third kappa shape index (κ3) is 3.87. The molecule has 0 radical (unpaired) electrons. The molecule has 1 aliphatic heterocycles. The lowest BCUT2D eigenvalue weighted by molar-refractivity contribution is 0.0746. The molecule has 0 unspecified atom stereocenters. The van der Waals surface area contributed by atoms with Crippen molar-refractivity contribution in [3.8, 4) is 11.3 Å². The van der Waals surface area contributed by atoms with E-state index in [0.29, 0.717) is 13.1 Å². The first kappa shape index (κ1) is 19.2. The Morgan fingerprint density at radius 3 is 2.03 bits per heavy atom. The van der Waals surface area contributed by atoms with Crippen molar-refractivity contribution in [1.29, 1.82) is 0 Å². The largest absolute Gasteiger partial charge is 0.351 e. The standard InChI is InChI=1S/C26H24N4O/c1-19-11-13-21(14-12-19)26(31)30-17-15-29(16-18-30)25-24(20-7-3-2-4-8-20)27-22-9-5-6-10-23(22)28-25/h2-14H,15-18H2,1H3. The highest BCUT2D eigenvalue weighted by Gasteiger charge is 2.25.